The van der Waals surface area contributed by atoms with Gasteiger partial charge >= 0.3 is 0 Å². The highest BCUT2D eigenvalue weighted by atomic mass is 19.1. The molecule has 29 heavy (non-hydrogen) atoms. The van der Waals surface area contributed by atoms with Crippen molar-refractivity contribution < 1.29 is 18.7 Å². The second-order valence-corrected chi connectivity index (χ2v) is 6.47. The van der Waals surface area contributed by atoms with Gasteiger partial charge in [-0.05, 0) is 42.3 Å². The Morgan fingerprint density at radius 2 is 1.86 bits per heavy atom. The van der Waals surface area contributed by atoms with E-state index in [1.165, 1.54) is 12.1 Å². The molecule has 0 bridgehead atoms. The average molecular weight is 400 g/mol. The van der Waals surface area contributed by atoms with Gasteiger partial charge in [-0.25, -0.2) is 9.38 Å². The van der Waals surface area contributed by atoms with Gasteiger partial charge in [0.05, 0.1) is 13.0 Å². The van der Waals surface area contributed by atoms with Crippen LogP contribution < -0.4 is 25.4 Å². The number of ether oxygens (including phenoxy) is 2. The van der Waals surface area contributed by atoms with Crippen molar-refractivity contribution >= 4 is 11.9 Å². The summed E-state index contributed by atoms with van der Waals surface area (Å²) < 4.78 is 23.9. The summed E-state index contributed by atoms with van der Waals surface area (Å²) in [4.78, 5) is 16.5. The van der Waals surface area contributed by atoms with Crippen LogP contribution in [-0.2, 0) is 17.8 Å². The molecule has 7 nitrogen and oxygen atoms in total. The average Bonchev–Trinajstić information content (AvgIpc) is 3.17. The van der Waals surface area contributed by atoms with Crippen LogP contribution >= 0.6 is 0 Å². The number of carbonyl (C=O) groups is 1. The van der Waals surface area contributed by atoms with Crippen LogP contribution in [0, 0.1) is 5.82 Å². The maximum Gasteiger partial charge on any atom is 0.231 e. The fraction of sp³-hybridized carbons (Fsp3) is 0.333. The third-order valence-electron chi connectivity index (χ3n) is 4.19. The second-order valence-electron chi connectivity index (χ2n) is 6.47. The molecule has 1 aliphatic rings. The van der Waals surface area contributed by atoms with Crippen molar-refractivity contribution in [2.75, 3.05) is 26.4 Å². The van der Waals surface area contributed by atoms with Crippen LogP contribution in [0.1, 0.15) is 18.1 Å². The zero-order chi connectivity index (χ0) is 20.5. The second kappa shape index (κ2) is 10.3. The lowest BCUT2D eigenvalue weighted by Gasteiger charge is -2.12. The molecule has 3 N–H and O–H groups in total. The van der Waals surface area contributed by atoms with Gasteiger partial charge in [0.15, 0.2) is 17.5 Å². The molecule has 1 heterocycles. The molecule has 0 saturated carbocycles. The Labute approximate surface area is 169 Å². The molecule has 3 rings (SSSR count). The number of hydrogen-bond acceptors (Lipinski definition) is 4. The molecule has 154 valence electrons. The van der Waals surface area contributed by atoms with Crippen molar-refractivity contribution in [3.8, 4) is 11.5 Å². The number of hydrogen-bond donors (Lipinski definition) is 3. The minimum Gasteiger partial charge on any atom is -0.454 e. The first-order chi connectivity index (χ1) is 14.1. The Morgan fingerprint density at radius 3 is 2.69 bits per heavy atom. The van der Waals surface area contributed by atoms with Gasteiger partial charge in [-0.3, -0.25) is 4.79 Å². The predicted octanol–water partition coefficient (Wildman–Crippen LogP) is 1.97. The van der Waals surface area contributed by atoms with Gasteiger partial charge in [-0.1, -0.05) is 18.2 Å². The molecule has 0 saturated heterocycles. The van der Waals surface area contributed by atoms with Crippen LogP contribution in [0.25, 0.3) is 0 Å². The van der Waals surface area contributed by atoms with Crippen LogP contribution in [0.15, 0.2) is 47.5 Å². The molecular weight excluding hydrogens is 375 g/mol. The SMILES string of the molecule is CCNC(=NCc1ccc2c(c1)OCO2)NCCNC(=O)Cc1cccc(F)c1. The zero-order valence-corrected chi connectivity index (χ0v) is 16.3. The zero-order valence-electron chi connectivity index (χ0n) is 16.3. The third-order valence-corrected chi connectivity index (χ3v) is 4.19. The molecule has 0 aliphatic carbocycles. The third kappa shape index (κ3) is 6.38. The standard InChI is InChI=1S/C21H25FN4O3/c1-2-23-21(26-13-16-6-7-18-19(11-16)29-14-28-18)25-9-8-24-20(27)12-15-4-3-5-17(22)10-15/h3-7,10-11H,2,8-9,12-14H2,1H3,(H,24,27)(H2,23,25,26). The molecule has 0 spiro atoms. The van der Waals surface area contributed by atoms with E-state index in [-0.39, 0.29) is 24.9 Å². The molecule has 0 unspecified atom stereocenters. The summed E-state index contributed by atoms with van der Waals surface area (Å²) in [5.41, 5.74) is 1.66. The van der Waals surface area contributed by atoms with E-state index in [4.69, 9.17) is 9.47 Å². The van der Waals surface area contributed by atoms with Gasteiger partial charge < -0.3 is 25.4 Å². The number of halogens is 1. The summed E-state index contributed by atoms with van der Waals surface area (Å²) >= 11 is 0. The largest absolute Gasteiger partial charge is 0.454 e. The Balaban J connectivity index is 1.43. The van der Waals surface area contributed by atoms with Gasteiger partial charge in [-0.2, -0.15) is 0 Å². The van der Waals surface area contributed by atoms with Crippen molar-refractivity contribution in [3.63, 3.8) is 0 Å². The molecule has 0 radical (unpaired) electrons. The van der Waals surface area contributed by atoms with Crippen LogP contribution in [0.2, 0.25) is 0 Å². The van der Waals surface area contributed by atoms with Crippen molar-refractivity contribution in [2.45, 2.75) is 19.9 Å². The smallest absolute Gasteiger partial charge is 0.231 e. The first-order valence-corrected chi connectivity index (χ1v) is 9.56. The van der Waals surface area contributed by atoms with E-state index in [0.29, 0.717) is 31.2 Å². The van der Waals surface area contributed by atoms with E-state index in [0.717, 1.165) is 23.6 Å². The monoisotopic (exact) mass is 400 g/mol. The number of fused-ring (bicyclic) bond motifs is 1. The van der Waals surface area contributed by atoms with Gasteiger partial charge in [0.2, 0.25) is 12.7 Å². The van der Waals surface area contributed by atoms with Crippen LogP contribution in [0.5, 0.6) is 11.5 Å². The van der Waals surface area contributed by atoms with Crippen molar-refractivity contribution in [2.24, 2.45) is 4.99 Å². The normalized spacial score (nSPS) is 12.6. The molecule has 0 aromatic heterocycles. The molecule has 0 fully saturated rings. The van der Waals surface area contributed by atoms with Gasteiger partial charge in [0.25, 0.3) is 0 Å². The number of carbonyl (C=O) groups excluding carboxylic acids is 1. The predicted molar refractivity (Wildman–Crippen MR) is 108 cm³/mol. The van der Waals surface area contributed by atoms with Crippen LogP contribution in [-0.4, -0.2) is 38.3 Å². The van der Waals surface area contributed by atoms with Crippen LogP contribution in [0.3, 0.4) is 0 Å². The minimum absolute atomic E-state index is 0.149. The summed E-state index contributed by atoms with van der Waals surface area (Å²) in [7, 11) is 0. The molecule has 2 aromatic carbocycles. The Kier molecular flexibility index (Phi) is 7.27. The van der Waals surface area contributed by atoms with Crippen molar-refractivity contribution in [3.05, 3.63) is 59.4 Å². The highest BCUT2D eigenvalue weighted by Gasteiger charge is 2.13. The topological polar surface area (TPSA) is 84.0 Å². The highest BCUT2D eigenvalue weighted by Crippen LogP contribution is 2.32. The number of guanidine groups is 1. The minimum atomic E-state index is -0.342. The van der Waals surface area contributed by atoms with Gasteiger partial charge in [0, 0.05) is 19.6 Å². The summed E-state index contributed by atoms with van der Waals surface area (Å²) in [5.74, 6) is 1.64. The lowest BCUT2D eigenvalue weighted by Crippen LogP contribution is -2.41. The molecule has 1 amide bonds. The quantitative estimate of drug-likeness (QED) is 0.359. The number of nitrogens with zero attached hydrogens (tertiary/aromatic N) is 1. The summed E-state index contributed by atoms with van der Waals surface area (Å²) in [6, 6.07) is 11.8. The van der Waals surface area contributed by atoms with E-state index in [2.05, 4.69) is 20.9 Å². The van der Waals surface area contributed by atoms with E-state index >= 15 is 0 Å². The maximum atomic E-state index is 13.2. The number of aliphatic imine (C=N–C) groups is 1. The molecule has 0 atom stereocenters. The van der Waals surface area contributed by atoms with E-state index in [1.807, 2.05) is 25.1 Å². The Morgan fingerprint density at radius 1 is 1.03 bits per heavy atom. The van der Waals surface area contributed by atoms with E-state index in [1.54, 1.807) is 12.1 Å². The lowest BCUT2D eigenvalue weighted by atomic mass is 10.1. The summed E-state index contributed by atoms with van der Waals surface area (Å²) in [5, 5.41) is 9.16. The van der Waals surface area contributed by atoms with E-state index in [9.17, 15) is 9.18 Å². The number of benzene rings is 2. The van der Waals surface area contributed by atoms with Crippen molar-refractivity contribution in [1.29, 1.82) is 0 Å². The lowest BCUT2D eigenvalue weighted by molar-refractivity contribution is -0.120. The van der Waals surface area contributed by atoms with E-state index < -0.39 is 0 Å². The van der Waals surface area contributed by atoms with Crippen LogP contribution in [0.4, 0.5) is 4.39 Å². The number of amides is 1. The van der Waals surface area contributed by atoms with Gasteiger partial charge in [0.1, 0.15) is 5.82 Å². The number of nitrogens with one attached hydrogen (secondary N) is 3. The molecule has 1 aliphatic heterocycles. The Hall–Kier alpha value is -3.29. The number of rotatable bonds is 8. The van der Waals surface area contributed by atoms with Crippen molar-refractivity contribution in [1.82, 2.24) is 16.0 Å². The molecular formula is C21H25FN4O3. The molecule has 8 heteroatoms. The summed E-state index contributed by atoms with van der Waals surface area (Å²) in [6.07, 6.45) is 0.149. The first kappa shape index (κ1) is 20.4. The fourth-order valence-electron chi connectivity index (χ4n) is 2.83. The fourth-order valence-corrected chi connectivity index (χ4v) is 2.83. The first-order valence-electron chi connectivity index (χ1n) is 9.56. The maximum absolute atomic E-state index is 13.2. The molecule has 2 aromatic rings. The summed E-state index contributed by atoms with van der Waals surface area (Å²) in [6.45, 7) is 4.39. The highest BCUT2D eigenvalue weighted by molar-refractivity contribution is 5.80. The Bertz CT molecular complexity index is 873. The van der Waals surface area contributed by atoms with Gasteiger partial charge in [-0.15, -0.1) is 0 Å².